The van der Waals surface area contributed by atoms with Gasteiger partial charge in [-0.05, 0) is 43.3 Å². The van der Waals surface area contributed by atoms with Crippen LogP contribution in [0.3, 0.4) is 0 Å². The Hall–Kier alpha value is -2.60. The smallest absolute Gasteiger partial charge is 0.265 e. The van der Waals surface area contributed by atoms with Gasteiger partial charge < -0.3 is 9.47 Å². The molecule has 2 rings (SSSR count). The first-order chi connectivity index (χ1) is 10.2. The summed E-state index contributed by atoms with van der Waals surface area (Å²) in [5.74, 6) is 6.09. The Balaban J connectivity index is 1.75. The van der Waals surface area contributed by atoms with E-state index in [1.807, 2.05) is 19.1 Å². The molecule has 0 saturated carbocycles. The number of nitrogens with one attached hydrogen (secondary N) is 1. The van der Waals surface area contributed by atoms with Gasteiger partial charge in [-0.2, -0.15) is 0 Å². The molecule has 6 heteroatoms. The van der Waals surface area contributed by atoms with Crippen molar-refractivity contribution in [2.75, 3.05) is 13.2 Å². The molecule has 1 aromatic carbocycles. The number of hydrogen-bond acceptors (Lipinski definition) is 5. The summed E-state index contributed by atoms with van der Waals surface area (Å²) in [6.07, 6.45) is 1.68. The number of rotatable bonds is 6. The zero-order chi connectivity index (χ0) is 15.1. The van der Waals surface area contributed by atoms with Crippen molar-refractivity contribution in [3.8, 4) is 11.5 Å². The molecule has 1 amide bonds. The Morgan fingerprint density at radius 1 is 1.10 bits per heavy atom. The zero-order valence-electron chi connectivity index (χ0n) is 11.7. The van der Waals surface area contributed by atoms with Crippen LogP contribution in [0.4, 0.5) is 0 Å². The van der Waals surface area contributed by atoms with Crippen molar-refractivity contribution in [1.82, 2.24) is 10.4 Å². The minimum absolute atomic E-state index is 0.336. The Kier molecular flexibility index (Phi) is 5.11. The Morgan fingerprint density at radius 3 is 2.29 bits per heavy atom. The average Bonchev–Trinajstić information content (AvgIpc) is 2.53. The number of benzene rings is 1. The summed E-state index contributed by atoms with van der Waals surface area (Å²) in [7, 11) is 0. The van der Waals surface area contributed by atoms with Gasteiger partial charge in [0.05, 0.1) is 6.20 Å². The fourth-order valence-corrected chi connectivity index (χ4v) is 1.64. The SMILES string of the molecule is Cc1ccc(OCCOc2ccc(C(=O)NN)cc2)cn1. The Bertz CT molecular complexity index is 582. The van der Waals surface area contributed by atoms with E-state index in [2.05, 4.69) is 10.4 Å². The van der Waals surface area contributed by atoms with Crippen molar-refractivity contribution < 1.29 is 14.3 Å². The second-order valence-corrected chi connectivity index (χ2v) is 4.33. The summed E-state index contributed by atoms with van der Waals surface area (Å²) >= 11 is 0. The number of carbonyl (C=O) groups excluding carboxylic acids is 1. The Morgan fingerprint density at radius 2 is 1.71 bits per heavy atom. The fourth-order valence-electron chi connectivity index (χ4n) is 1.64. The lowest BCUT2D eigenvalue weighted by Crippen LogP contribution is -2.29. The summed E-state index contributed by atoms with van der Waals surface area (Å²) in [5, 5.41) is 0. The molecule has 0 aliphatic carbocycles. The van der Waals surface area contributed by atoms with E-state index in [0.717, 1.165) is 5.69 Å². The number of pyridine rings is 1. The van der Waals surface area contributed by atoms with Gasteiger partial charge in [0.1, 0.15) is 24.7 Å². The van der Waals surface area contributed by atoms with Crippen LogP contribution in [0, 0.1) is 6.92 Å². The summed E-state index contributed by atoms with van der Waals surface area (Å²) in [5.41, 5.74) is 3.49. The van der Waals surface area contributed by atoms with E-state index in [-0.39, 0.29) is 5.91 Å². The maximum Gasteiger partial charge on any atom is 0.265 e. The molecular weight excluding hydrogens is 270 g/mol. The second-order valence-electron chi connectivity index (χ2n) is 4.33. The molecule has 0 unspecified atom stereocenters. The molecule has 0 bridgehead atoms. The average molecular weight is 287 g/mol. The number of nitrogens with zero attached hydrogens (tertiary/aromatic N) is 1. The van der Waals surface area contributed by atoms with Crippen molar-refractivity contribution in [2.45, 2.75) is 6.92 Å². The summed E-state index contributed by atoms with van der Waals surface area (Å²) in [6, 6.07) is 10.4. The first-order valence-corrected chi connectivity index (χ1v) is 6.48. The van der Waals surface area contributed by atoms with Gasteiger partial charge in [-0.3, -0.25) is 15.2 Å². The third-order valence-corrected chi connectivity index (χ3v) is 2.75. The molecule has 0 fully saturated rings. The second kappa shape index (κ2) is 7.25. The lowest BCUT2D eigenvalue weighted by atomic mass is 10.2. The van der Waals surface area contributed by atoms with Crippen molar-refractivity contribution in [3.63, 3.8) is 0 Å². The molecule has 1 aromatic heterocycles. The predicted octanol–water partition coefficient (Wildman–Crippen LogP) is 1.45. The van der Waals surface area contributed by atoms with E-state index in [1.54, 1.807) is 30.5 Å². The molecular formula is C15H17N3O3. The third-order valence-electron chi connectivity index (χ3n) is 2.75. The van der Waals surface area contributed by atoms with E-state index < -0.39 is 0 Å². The molecule has 0 radical (unpaired) electrons. The maximum atomic E-state index is 11.3. The molecule has 0 aliphatic rings. The first kappa shape index (κ1) is 14.8. The van der Waals surface area contributed by atoms with Crippen molar-refractivity contribution >= 4 is 5.91 Å². The topological polar surface area (TPSA) is 86.5 Å². The molecule has 0 saturated heterocycles. The van der Waals surface area contributed by atoms with Crippen LogP contribution in [0.2, 0.25) is 0 Å². The van der Waals surface area contributed by atoms with Crippen LogP contribution in [0.15, 0.2) is 42.6 Å². The lowest BCUT2D eigenvalue weighted by molar-refractivity contribution is 0.0953. The van der Waals surface area contributed by atoms with Crippen molar-refractivity contribution in [1.29, 1.82) is 0 Å². The van der Waals surface area contributed by atoms with Crippen LogP contribution in [-0.2, 0) is 0 Å². The quantitative estimate of drug-likeness (QED) is 0.363. The molecule has 0 atom stereocenters. The number of nitrogens with two attached hydrogens (primary N) is 1. The number of aromatic nitrogens is 1. The van der Waals surface area contributed by atoms with Gasteiger partial charge in [-0.1, -0.05) is 0 Å². The highest BCUT2D eigenvalue weighted by atomic mass is 16.5. The number of carbonyl (C=O) groups is 1. The van der Waals surface area contributed by atoms with E-state index in [4.69, 9.17) is 15.3 Å². The van der Waals surface area contributed by atoms with Gasteiger partial charge in [0.15, 0.2) is 0 Å². The van der Waals surface area contributed by atoms with E-state index in [9.17, 15) is 4.79 Å². The fraction of sp³-hybridized carbons (Fsp3) is 0.200. The number of ether oxygens (including phenoxy) is 2. The standard InChI is InChI=1S/C15H17N3O3/c1-11-2-5-14(10-17-11)21-9-8-20-13-6-3-12(4-7-13)15(19)18-16/h2-7,10H,8-9,16H2,1H3,(H,18,19). The van der Waals surface area contributed by atoms with Crippen LogP contribution in [-0.4, -0.2) is 24.1 Å². The minimum Gasteiger partial charge on any atom is -0.490 e. The molecule has 2 aromatic rings. The normalized spacial score (nSPS) is 10.0. The highest BCUT2D eigenvalue weighted by Crippen LogP contribution is 2.12. The van der Waals surface area contributed by atoms with E-state index >= 15 is 0 Å². The molecule has 21 heavy (non-hydrogen) atoms. The largest absolute Gasteiger partial charge is 0.490 e. The van der Waals surface area contributed by atoms with Crippen LogP contribution < -0.4 is 20.7 Å². The van der Waals surface area contributed by atoms with E-state index in [1.165, 1.54) is 0 Å². The minimum atomic E-state index is -0.336. The van der Waals surface area contributed by atoms with Gasteiger partial charge in [0.2, 0.25) is 0 Å². The molecule has 0 aliphatic heterocycles. The molecule has 3 N–H and O–H groups in total. The number of hydrazine groups is 1. The third kappa shape index (κ3) is 4.47. The Labute approximate surface area is 122 Å². The predicted molar refractivity (Wildman–Crippen MR) is 78.1 cm³/mol. The molecule has 6 nitrogen and oxygen atoms in total. The number of nitrogen functional groups attached to an aromatic ring is 1. The zero-order valence-corrected chi connectivity index (χ0v) is 11.7. The first-order valence-electron chi connectivity index (χ1n) is 6.48. The number of amides is 1. The summed E-state index contributed by atoms with van der Waals surface area (Å²) < 4.78 is 11.0. The maximum absolute atomic E-state index is 11.3. The monoisotopic (exact) mass is 287 g/mol. The molecule has 110 valence electrons. The lowest BCUT2D eigenvalue weighted by Gasteiger charge is -2.08. The van der Waals surface area contributed by atoms with Gasteiger partial charge in [-0.15, -0.1) is 0 Å². The van der Waals surface area contributed by atoms with Crippen LogP contribution in [0.25, 0.3) is 0 Å². The van der Waals surface area contributed by atoms with Gasteiger partial charge in [0.25, 0.3) is 5.91 Å². The summed E-state index contributed by atoms with van der Waals surface area (Å²) in [4.78, 5) is 15.4. The molecule has 0 spiro atoms. The van der Waals surface area contributed by atoms with Gasteiger partial charge in [0, 0.05) is 11.3 Å². The van der Waals surface area contributed by atoms with E-state index in [0.29, 0.717) is 30.3 Å². The summed E-state index contributed by atoms with van der Waals surface area (Å²) in [6.45, 7) is 2.73. The van der Waals surface area contributed by atoms with Crippen LogP contribution in [0.1, 0.15) is 16.1 Å². The van der Waals surface area contributed by atoms with Gasteiger partial charge in [-0.25, -0.2) is 5.84 Å². The molecule has 1 heterocycles. The highest BCUT2D eigenvalue weighted by Gasteiger charge is 2.03. The van der Waals surface area contributed by atoms with Gasteiger partial charge >= 0.3 is 0 Å². The number of aryl methyl sites for hydroxylation is 1. The van der Waals surface area contributed by atoms with Crippen LogP contribution >= 0.6 is 0 Å². The van der Waals surface area contributed by atoms with Crippen LogP contribution in [0.5, 0.6) is 11.5 Å². The highest BCUT2D eigenvalue weighted by molar-refractivity contribution is 5.93. The van der Waals surface area contributed by atoms with Crippen molar-refractivity contribution in [2.24, 2.45) is 5.84 Å². The number of hydrogen-bond donors (Lipinski definition) is 2. The van der Waals surface area contributed by atoms with Crippen molar-refractivity contribution in [3.05, 3.63) is 53.9 Å².